The van der Waals surface area contributed by atoms with Crippen LogP contribution in [0, 0.1) is 5.82 Å². The van der Waals surface area contributed by atoms with Gasteiger partial charge in [0.2, 0.25) is 5.52 Å². The van der Waals surface area contributed by atoms with Crippen molar-refractivity contribution in [2.75, 3.05) is 18.6 Å². The Bertz CT molecular complexity index is 2360. The number of nitrogens with zero attached hydrogens (tertiary/aromatic N) is 7. The number of nitrogens with two attached hydrogens (primary N) is 2. The molecule has 1 fully saturated rings. The van der Waals surface area contributed by atoms with Crippen molar-refractivity contribution in [3.05, 3.63) is 112 Å². The van der Waals surface area contributed by atoms with E-state index in [9.17, 15) is 19.5 Å². The Kier molecular flexibility index (Phi) is 9.82. The second-order valence-electron chi connectivity index (χ2n) is 11.8. The largest absolute Gasteiger partial charge is 0.477 e. The third-order valence-electron chi connectivity index (χ3n) is 8.55. The van der Waals surface area contributed by atoms with Crippen LogP contribution in [0.25, 0.3) is 11.0 Å². The first-order chi connectivity index (χ1) is 25.5. The second kappa shape index (κ2) is 14.6. The second-order valence-corrected chi connectivity index (χ2v) is 14.2. The van der Waals surface area contributed by atoms with Gasteiger partial charge in [0.05, 0.1) is 12.2 Å². The number of halogens is 2. The minimum absolute atomic E-state index is 0.0988. The third kappa shape index (κ3) is 6.90. The Morgan fingerprint density at radius 2 is 2.04 bits per heavy atom. The molecule has 6 N–H and O–H groups in total. The lowest BCUT2D eigenvalue weighted by Crippen LogP contribution is -2.71. The zero-order chi connectivity index (χ0) is 37.4. The Morgan fingerprint density at radius 1 is 1.25 bits per heavy atom. The van der Waals surface area contributed by atoms with E-state index in [1.54, 1.807) is 49.1 Å². The van der Waals surface area contributed by atoms with E-state index in [0.29, 0.717) is 16.8 Å². The van der Waals surface area contributed by atoms with Crippen LogP contribution in [0.4, 0.5) is 15.2 Å². The number of benzene rings is 1. The number of aliphatic imine (C=N–C) groups is 1. The van der Waals surface area contributed by atoms with Crippen LogP contribution >= 0.6 is 34.7 Å². The molecule has 2 aliphatic heterocycles. The zero-order valence-corrected chi connectivity index (χ0v) is 30.0. The molecule has 0 unspecified atom stereocenters. The highest BCUT2D eigenvalue weighted by molar-refractivity contribution is 8.00. The third-order valence-corrected chi connectivity index (χ3v) is 10.9. The highest BCUT2D eigenvalue weighted by Gasteiger charge is 2.55. The average molecular weight is 776 g/mol. The molecule has 0 saturated carbocycles. The van der Waals surface area contributed by atoms with Crippen LogP contribution in [0.1, 0.15) is 16.8 Å². The summed E-state index contributed by atoms with van der Waals surface area (Å²) in [4.78, 5) is 57.4. The maximum Gasteiger partial charge on any atom is 0.352 e. The summed E-state index contributed by atoms with van der Waals surface area (Å²) in [5, 5.41) is 17.9. The molecule has 15 nitrogen and oxygen atoms in total. The van der Waals surface area contributed by atoms with Gasteiger partial charge < -0.3 is 31.3 Å². The number of carboxylic acids is 1. The van der Waals surface area contributed by atoms with Crippen molar-refractivity contribution in [1.82, 2.24) is 24.8 Å². The molecular weight excluding hydrogens is 747 g/mol. The predicted octanol–water partition coefficient (Wildman–Crippen LogP) is 3.03. The van der Waals surface area contributed by atoms with Crippen LogP contribution in [-0.4, -0.2) is 78.2 Å². The lowest BCUT2D eigenvalue weighted by molar-refractivity contribution is -0.663. The highest BCUT2D eigenvalue weighted by atomic mass is 35.5. The van der Waals surface area contributed by atoms with E-state index < -0.39 is 35.0 Å². The van der Waals surface area contributed by atoms with Gasteiger partial charge in [0.1, 0.15) is 47.1 Å². The standard InChI is InChI=1S/C34H28ClFN10O5S2/c1-51-43-26(23-16-53-34(38)41-23)30(47)42-27-31(48)46-28(33(49)50)18(15-52-32(27)46)13-44-9-2-3-24-25(44)6-10-45(24)14-20-21(35)11-17(12-22(20)36)29(37)40-19-4-7-39-8-5-19/h2-12,16,27,32H,13-15H2,1H3,(H5-,37,38,39,40,41,42,47,49,50)/p+1/b43-26-/t27-,32-/m1/s1. The number of aliphatic carboxylic acids is 1. The van der Waals surface area contributed by atoms with Gasteiger partial charge in [-0.05, 0) is 30.3 Å². The molecule has 0 aliphatic carbocycles. The number of thioether (sulfide) groups is 1. The fraction of sp³-hybridized carbons (Fsp3) is 0.176. The molecule has 2 amide bonds. The molecule has 1 aromatic carbocycles. The maximum absolute atomic E-state index is 15.5. The van der Waals surface area contributed by atoms with Crippen molar-refractivity contribution in [2.24, 2.45) is 15.9 Å². The van der Waals surface area contributed by atoms with Gasteiger partial charge in [0, 0.05) is 63.6 Å². The fourth-order valence-corrected chi connectivity index (χ4v) is 8.25. The number of carboxylic acid groups (broad SMARTS) is 1. The number of pyridine rings is 2. The molecule has 0 bridgehead atoms. The van der Waals surface area contributed by atoms with E-state index in [-0.39, 0.29) is 57.5 Å². The number of β-lactam (4-membered cyclic amide) rings is 1. The first kappa shape index (κ1) is 35.5. The van der Waals surface area contributed by atoms with Gasteiger partial charge in [-0.2, -0.15) is 4.57 Å². The van der Waals surface area contributed by atoms with Gasteiger partial charge in [-0.25, -0.2) is 19.2 Å². The molecule has 19 heteroatoms. The average Bonchev–Trinajstić information content (AvgIpc) is 3.77. The Labute approximate surface area is 313 Å². The monoisotopic (exact) mass is 775 g/mol. The van der Waals surface area contributed by atoms with E-state index in [2.05, 4.69) is 25.4 Å². The van der Waals surface area contributed by atoms with Gasteiger partial charge in [-0.1, -0.05) is 16.8 Å². The van der Waals surface area contributed by atoms with Crippen molar-refractivity contribution in [2.45, 2.75) is 24.5 Å². The molecule has 6 heterocycles. The lowest BCUT2D eigenvalue weighted by Gasteiger charge is -2.49. The number of amides is 2. The van der Waals surface area contributed by atoms with E-state index in [4.69, 9.17) is 27.9 Å². The van der Waals surface area contributed by atoms with Crippen molar-refractivity contribution < 1.29 is 33.3 Å². The number of thiazole rings is 1. The Hall–Kier alpha value is -5.85. The number of carbonyl (C=O) groups excluding carboxylic acids is 2. The Morgan fingerprint density at radius 3 is 2.74 bits per heavy atom. The van der Waals surface area contributed by atoms with E-state index >= 15 is 4.39 Å². The van der Waals surface area contributed by atoms with Crippen LogP contribution in [0.3, 0.4) is 0 Å². The summed E-state index contributed by atoms with van der Waals surface area (Å²) in [6, 6.07) is 10.7. The topological polar surface area (TPSA) is 207 Å². The number of hydrogen-bond acceptors (Lipinski definition) is 11. The normalized spacial score (nSPS) is 17.5. The summed E-state index contributed by atoms with van der Waals surface area (Å²) in [7, 11) is 1.27. The number of nitrogen functional groups attached to an aromatic ring is 1. The summed E-state index contributed by atoms with van der Waals surface area (Å²) in [6.45, 7) is 0.252. The highest BCUT2D eigenvalue weighted by Crippen LogP contribution is 2.40. The lowest BCUT2D eigenvalue weighted by atomic mass is 10.0. The van der Waals surface area contributed by atoms with Crippen molar-refractivity contribution in [3.63, 3.8) is 0 Å². The first-order valence-corrected chi connectivity index (χ1v) is 18.1. The molecule has 1 saturated heterocycles. The summed E-state index contributed by atoms with van der Waals surface area (Å²) < 4.78 is 19.2. The van der Waals surface area contributed by atoms with Gasteiger partial charge in [0.25, 0.3) is 11.8 Å². The number of carbonyl (C=O) groups is 3. The maximum atomic E-state index is 15.5. The molecule has 2 aliphatic rings. The van der Waals surface area contributed by atoms with Crippen molar-refractivity contribution in [1.29, 1.82) is 0 Å². The summed E-state index contributed by atoms with van der Waals surface area (Å²) in [5.41, 5.74) is 14.8. The number of rotatable bonds is 11. The molecule has 0 radical (unpaired) electrons. The predicted molar refractivity (Wildman–Crippen MR) is 197 cm³/mol. The van der Waals surface area contributed by atoms with E-state index in [0.717, 1.165) is 22.4 Å². The van der Waals surface area contributed by atoms with Gasteiger partial charge in [0.15, 0.2) is 23.6 Å². The molecule has 4 aromatic heterocycles. The molecular formula is C34H29ClFN10O5S2+. The molecule has 270 valence electrons. The molecule has 2 atom stereocenters. The molecule has 53 heavy (non-hydrogen) atoms. The fourth-order valence-electron chi connectivity index (χ4n) is 6.10. The first-order valence-electron chi connectivity index (χ1n) is 15.8. The van der Waals surface area contributed by atoms with Gasteiger partial charge in [-0.3, -0.25) is 19.5 Å². The number of amidine groups is 1. The Balaban J connectivity index is 1.10. The number of aromatic nitrogens is 4. The SMILES string of the molecule is CO/N=C(\C(=O)N[C@@H]1C(=O)N2C(C(=O)O)=C(C[n+]3cccc4c3ccn4Cc3c(F)cc(C(N)=Nc4ccncc4)cc3Cl)CS[C@H]12)c1csc(N)n1. The summed E-state index contributed by atoms with van der Waals surface area (Å²) in [6.07, 6.45) is 6.73. The smallest absolute Gasteiger partial charge is 0.352 e. The number of fused-ring (bicyclic) bond motifs is 2. The zero-order valence-electron chi connectivity index (χ0n) is 27.6. The summed E-state index contributed by atoms with van der Waals surface area (Å²) in [5.74, 6) is -2.75. The number of nitrogens with one attached hydrogen (secondary N) is 1. The molecule has 7 rings (SSSR count). The molecule has 5 aromatic rings. The number of oxime groups is 1. The van der Waals surface area contributed by atoms with Crippen LogP contribution in [0.5, 0.6) is 0 Å². The number of anilines is 1. The van der Waals surface area contributed by atoms with Crippen LogP contribution in [-0.2, 0) is 32.3 Å². The quantitative estimate of drug-likeness (QED) is 0.0507. The minimum Gasteiger partial charge on any atom is -0.477 e. The van der Waals surface area contributed by atoms with Crippen molar-refractivity contribution >= 4 is 85.9 Å². The minimum atomic E-state index is -1.27. The van der Waals surface area contributed by atoms with Gasteiger partial charge in [-0.15, -0.1) is 23.1 Å². The van der Waals surface area contributed by atoms with Crippen molar-refractivity contribution in [3.8, 4) is 0 Å². The molecule has 0 spiro atoms. The van der Waals surface area contributed by atoms with Crippen LogP contribution in [0.2, 0.25) is 5.02 Å². The number of hydrogen-bond donors (Lipinski definition) is 4. The van der Waals surface area contributed by atoms with E-state index in [1.165, 1.54) is 35.2 Å². The van der Waals surface area contributed by atoms with Crippen LogP contribution in [0.15, 0.2) is 94.1 Å². The summed E-state index contributed by atoms with van der Waals surface area (Å²) >= 11 is 9.02. The van der Waals surface area contributed by atoms with Gasteiger partial charge >= 0.3 is 5.97 Å². The van der Waals surface area contributed by atoms with Crippen LogP contribution < -0.4 is 21.4 Å². The van der Waals surface area contributed by atoms with E-state index in [1.807, 2.05) is 21.3 Å².